The number of oxazole rings is 1. The van der Waals surface area contributed by atoms with Crippen LogP contribution in [-0.2, 0) is 6.54 Å². The van der Waals surface area contributed by atoms with Crippen LogP contribution in [0.2, 0.25) is 0 Å². The minimum Gasteiger partial charge on any atom is -0.496 e. The Bertz CT molecular complexity index is 1410. The first-order valence-electron chi connectivity index (χ1n) is 11.5. The fourth-order valence-electron chi connectivity index (χ4n) is 3.76. The Morgan fingerprint density at radius 1 is 0.944 bits per heavy atom. The van der Waals surface area contributed by atoms with Crippen molar-refractivity contribution in [3.05, 3.63) is 91.2 Å². The number of hydrogen-bond acceptors (Lipinski definition) is 9. The Kier molecular flexibility index (Phi) is 6.79. The summed E-state index contributed by atoms with van der Waals surface area (Å²) in [4.78, 5) is 24.5. The van der Waals surface area contributed by atoms with Gasteiger partial charge < -0.3 is 19.4 Å². The molecule has 0 aliphatic carbocycles. The van der Waals surface area contributed by atoms with E-state index in [1.165, 1.54) is 6.39 Å². The highest BCUT2D eigenvalue weighted by atomic mass is 16.5. The van der Waals surface area contributed by atoms with Gasteiger partial charge in [0.1, 0.15) is 5.75 Å². The van der Waals surface area contributed by atoms with E-state index < -0.39 is 0 Å². The number of pyridine rings is 1. The average molecular weight is 480 g/mol. The summed E-state index contributed by atoms with van der Waals surface area (Å²) in [6.45, 7) is 3.45. The quantitative estimate of drug-likeness (QED) is 0.299. The molecular weight excluding hydrogens is 454 g/mol. The summed E-state index contributed by atoms with van der Waals surface area (Å²) < 4.78 is 11.0. The lowest BCUT2D eigenvalue weighted by Gasteiger charge is -2.22. The van der Waals surface area contributed by atoms with Gasteiger partial charge in [-0.3, -0.25) is 4.98 Å². The Labute approximate surface area is 208 Å². The zero-order chi connectivity index (χ0) is 24.7. The molecule has 5 aromatic rings. The van der Waals surface area contributed by atoms with Crippen molar-refractivity contribution in [2.45, 2.75) is 13.5 Å². The zero-order valence-electron chi connectivity index (χ0n) is 20.0. The second-order valence-electron chi connectivity index (χ2n) is 7.92. The van der Waals surface area contributed by atoms with Crippen molar-refractivity contribution in [1.29, 1.82) is 0 Å². The first-order valence-corrected chi connectivity index (χ1v) is 11.5. The van der Waals surface area contributed by atoms with Crippen LogP contribution in [0.25, 0.3) is 22.7 Å². The van der Waals surface area contributed by atoms with Gasteiger partial charge in [0.15, 0.2) is 18.0 Å². The molecule has 5 rings (SSSR count). The van der Waals surface area contributed by atoms with Gasteiger partial charge in [0.2, 0.25) is 11.9 Å². The molecule has 0 radical (unpaired) electrons. The first kappa shape index (κ1) is 23.0. The second-order valence-corrected chi connectivity index (χ2v) is 7.92. The van der Waals surface area contributed by atoms with Crippen molar-refractivity contribution in [1.82, 2.24) is 24.9 Å². The number of nitrogens with zero attached hydrogens (tertiary/aromatic N) is 6. The van der Waals surface area contributed by atoms with Crippen molar-refractivity contribution >= 4 is 17.6 Å². The van der Waals surface area contributed by atoms with Crippen molar-refractivity contribution in [3.8, 4) is 28.5 Å². The van der Waals surface area contributed by atoms with E-state index in [9.17, 15) is 0 Å². The highest BCUT2D eigenvalue weighted by Gasteiger charge is 2.16. The van der Waals surface area contributed by atoms with E-state index in [4.69, 9.17) is 24.1 Å². The number of aromatic nitrogens is 5. The molecule has 180 valence electrons. The van der Waals surface area contributed by atoms with Crippen LogP contribution in [0.5, 0.6) is 5.75 Å². The van der Waals surface area contributed by atoms with Crippen LogP contribution in [0.4, 0.5) is 17.6 Å². The van der Waals surface area contributed by atoms with E-state index in [2.05, 4.69) is 27.1 Å². The maximum atomic E-state index is 5.59. The summed E-state index contributed by atoms with van der Waals surface area (Å²) in [6.07, 6.45) is 6.62. The molecule has 0 aliphatic heterocycles. The number of methoxy groups -OCH3 is 1. The monoisotopic (exact) mass is 479 g/mol. The van der Waals surface area contributed by atoms with Crippen molar-refractivity contribution in [3.63, 3.8) is 0 Å². The number of hydrogen-bond donors (Lipinski definition) is 1. The van der Waals surface area contributed by atoms with Gasteiger partial charge in [-0.15, -0.1) is 0 Å². The van der Waals surface area contributed by atoms with Crippen LogP contribution in [-0.4, -0.2) is 38.6 Å². The van der Waals surface area contributed by atoms with Gasteiger partial charge in [0.25, 0.3) is 0 Å². The molecule has 0 aliphatic rings. The van der Waals surface area contributed by atoms with Gasteiger partial charge in [-0.2, -0.15) is 15.0 Å². The molecule has 0 fully saturated rings. The lowest BCUT2D eigenvalue weighted by molar-refractivity contribution is 0.415. The van der Waals surface area contributed by atoms with Crippen molar-refractivity contribution < 1.29 is 9.15 Å². The topological polar surface area (TPSA) is 102 Å². The third-order valence-corrected chi connectivity index (χ3v) is 5.60. The molecule has 0 spiro atoms. The van der Waals surface area contributed by atoms with Crippen LogP contribution in [0.15, 0.2) is 90.1 Å². The molecule has 1 N–H and O–H groups in total. The molecule has 2 aromatic carbocycles. The zero-order valence-corrected chi connectivity index (χ0v) is 20.0. The molecule has 9 nitrogen and oxygen atoms in total. The summed E-state index contributed by atoms with van der Waals surface area (Å²) in [7, 11) is 1.62. The number of rotatable bonds is 9. The summed E-state index contributed by atoms with van der Waals surface area (Å²) in [5, 5.41) is 3.32. The molecule has 3 aromatic heterocycles. The summed E-state index contributed by atoms with van der Waals surface area (Å²) >= 11 is 0. The van der Waals surface area contributed by atoms with Crippen LogP contribution < -0.4 is 15.0 Å². The predicted octanol–water partition coefficient (Wildman–Crippen LogP) is 5.37. The standard InChI is InChI=1S/C27H25N7O2/c1-3-34(17-19-11-13-28-14-12-19)27-32-25(20-7-5-4-6-8-20)31-26(33-27)30-21-9-10-22(23(15-21)35-2)24-16-29-18-36-24/h4-16,18H,3,17H2,1-2H3,(H,30,31,32,33). The Hall–Kier alpha value is -4.79. The Balaban J connectivity index is 1.51. The summed E-state index contributed by atoms with van der Waals surface area (Å²) in [6, 6.07) is 19.5. The van der Waals surface area contributed by atoms with Gasteiger partial charge in [0.05, 0.1) is 18.9 Å². The number of anilines is 3. The molecule has 0 bridgehead atoms. The first-order chi connectivity index (χ1) is 17.7. The molecule has 0 saturated heterocycles. The SMILES string of the molecule is CCN(Cc1ccncc1)c1nc(Nc2ccc(-c3cnco3)c(OC)c2)nc(-c2ccccc2)n1. The predicted molar refractivity (Wildman–Crippen MR) is 138 cm³/mol. The van der Waals surface area contributed by atoms with Gasteiger partial charge in [-0.05, 0) is 36.8 Å². The fourth-order valence-corrected chi connectivity index (χ4v) is 3.76. The van der Waals surface area contributed by atoms with Crippen LogP contribution in [0.1, 0.15) is 12.5 Å². The van der Waals surface area contributed by atoms with E-state index in [1.807, 2.05) is 60.7 Å². The van der Waals surface area contributed by atoms with Crippen LogP contribution in [0.3, 0.4) is 0 Å². The van der Waals surface area contributed by atoms with Gasteiger partial charge in [-0.25, -0.2) is 4.98 Å². The molecule has 0 saturated carbocycles. The minimum atomic E-state index is 0.432. The maximum absolute atomic E-state index is 5.59. The number of nitrogens with one attached hydrogen (secondary N) is 1. The third-order valence-electron chi connectivity index (χ3n) is 5.60. The number of ether oxygens (including phenoxy) is 1. The molecule has 36 heavy (non-hydrogen) atoms. The van der Waals surface area contributed by atoms with Crippen LogP contribution >= 0.6 is 0 Å². The smallest absolute Gasteiger partial charge is 0.232 e. The Morgan fingerprint density at radius 3 is 2.50 bits per heavy atom. The molecule has 0 amide bonds. The lowest BCUT2D eigenvalue weighted by Crippen LogP contribution is -2.25. The molecule has 0 atom stereocenters. The average Bonchev–Trinajstić information content (AvgIpc) is 3.47. The van der Waals surface area contributed by atoms with E-state index in [-0.39, 0.29) is 0 Å². The van der Waals surface area contributed by atoms with Crippen molar-refractivity contribution in [2.75, 3.05) is 23.9 Å². The normalized spacial score (nSPS) is 10.7. The third kappa shape index (κ3) is 5.15. The highest BCUT2D eigenvalue weighted by molar-refractivity contribution is 5.71. The number of benzene rings is 2. The minimum absolute atomic E-state index is 0.432. The lowest BCUT2D eigenvalue weighted by atomic mass is 10.1. The summed E-state index contributed by atoms with van der Waals surface area (Å²) in [5.74, 6) is 2.86. The van der Waals surface area contributed by atoms with Crippen LogP contribution in [0, 0.1) is 0 Å². The highest BCUT2D eigenvalue weighted by Crippen LogP contribution is 2.33. The summed E-state index contributed by atoms with van der Waals surface area (Å²) in [5.41, 5.74) is 3.60. The maximum Gasteiger partial charge on any atom is 0.232 e. The van der Waals surface area contributed by atoms with Gasteiger partial charge in [0, 0.05) is 42.8 Å². The Morgan fingerprint density at radius 2 is 1.78 bits per heavy atom. The second kappa shape index (κ2) is 10.6. The van der Waals surface area contributed by atoms with E-state index >= 15 is 0 Å². The fraction of sp³-hybridized carbons (Fsp3) is 0.148. The van der Waals surface area contributed by atoms with E-state index in [0.717, 1.165) is 28.9 Å². The van der Waals surface area contributed by atoms with Crippen molar-refractivity contribution in [2.24, 2.45) is 0 Å². The molecule has 3 heterocycles. The molecular formula is C27H25N7O2. The van der Waals surface area contributed by atoms with E-state index in [1.54, 1.807) is 25.7 Å². The molecule has 9 heteroatoms. The molecule has 0 unspecified atom stereocenters. The van der Waals surface area contributed by atoms with E-state index in [0.29, 0.717) is 35.8 Å². The van der Waals surface area contributed by atoms with Gasteiger partial charge in [-0.1, -0.05) is 30.3 Å². The van der Waals surface area contributed by atoms with Gasteiger partial charge >= 0.3 is 0 Å². The largest absolute Gasteiger partial charge is 0.496 e.